The zero-order valence-electron chi connectivity index (χ0n) is 16.5. The molecule has 1 fully saturated rings. The number of benzene rings is 2. The van der Waals surface area contributed by atoms with E-state index in [1.807, 2.05) is 30.3 Å². The molecule has 30 heavy (non-hydrogen) atoms. The molecule has 1 saturated carbocycles. The lowest BCUT2D eigenvalue weighted by Crippen LogP contribution is -2.33. The molecular weight excluding hydrogens is 385 g/mol. The summed E-state index contributed by atoms with van der Waals surface area (Å²) in [7, 11) is 0. The lowest BCUT2D eigenvalue weighted by Gasteiger charge is -2.32. The standard InChI is InChI=1S/C23H22FN3O3/c1-14(28)27-11-10-15-4-2-3-5-18(15)21(27)13-22(29)25-17-8-9-19(24)20(12-17)26-23(30)16-6-7-16/h2-5,8-12,16,21H,6-7,13H2,1H3,(H,25,29)(H,26,30). The van der Waals surface area contributed by atoms with E-state index >= 15 is 0 Å². The summed E-state index contributed by atoms with van der Waals surface area (Å²) in [5, 5.41) is 5.32. The molecule has 0 radical (unpaired) electrons. The maximum Gasteiger partial charge on any atom is 0.227 e. The Morgan fingerprint density at radius 2 is 1.87 bits per heavy atom. The second-order valence-corrected chi connectivity index (χ2v) is 7.60. The number of nitrogens with one attached hydrogen (secondary N) is 2. The second-order valence-electron chi connectivity index (χ2n) is 7.60. The predicted molar refractivity (Wildman–Crippen MR) is 112 cm³/mol. The number of anilines is 2. The van der Waals surface area contributed by atoms with Gasteiger partial charge >= 0.3 is 0 Å². The Morgan fingerprint density at radius 1 is 1.10 bits per heavy atom. The molecule has 0 spiro atoms. The van der Waals surface area contributed by atoms with Crippen molar-refractivity contribution in [2.45, 2.75) is 32.2 Å². The van der Waals surface area contributed by atoms with Crippen molar-refractivity contribution in [3.8, 4) is 0 Å². The quantitative estimate of drug-likeness (QED) is 0.784. The second kappa shape index (κ2) is 8.10. The van der Waals surface area contributed by atoms with E-state index in [0.717, 1.165) is 24.0 Å². The molecule has 1 aliphatic heterocycles. The van der Waals surface area contributed by atoms with Crippen molar-refractivity contribution in [3.63, 3.8) is 0 Å². The van der Waals surface area contributed by atoms with Gasteiger partial charge in [0.05, 0.1) is 18.2 Å². The molecule has 2 N–H and O–H groups in total. The number of fused-ring (bicyclic) bond motifs is 1. The number of carbonyl (C=O) groups excluding carboxylic acids is 3. The van der Waals surface area contributed by atoms with Gasteiger partial charge in [0.15, 0.2) is 0 Å². The summed E-state index contributed by atoms with van der Waals surface area (Å²) < 4.78 is 14.1. The highest BCUT2D eigenvalue weighted by molar-refractivity contribution is 5.96. The molecule has 3 amide bonds. The van der Waals surface area contributed by atoms with Crippen LogP contribution in [0.1, 0.15) is 43.4 Å². The van der Waals surface area contributed by atoms with Gasteiger partial charge in [-0.05, 0) is 48.2 Å². The zero-order chi connectivity index (χ0) is 21.3. The monoisotopic (exact) mass is 407 g/mol. The third-order valence-corrected chi connectivity index (χ3v) is 5.30. The van der Waals surface area contributed by atoms with E-state index in [9.17, 15) is 18.8 Å². The van der Waals surface area contributed by atoms with Gasteiger partial charge in [-0.15, -0.1) is 0 Å². The molecule has 2 aromatic carbocycles. The van der Waals surface area contributed by atoms with Gasteiger partial charge in [-0.1, -0.05) is 24.3 Å². The lowest BCUT2D eigenvalue weighted by molar-refractivity contribution is -0.129. The van der Waals surface area contributed by atoms with E-state index in [1.54, 1.807) is 6.20 Å². The number of nitrogens with zero attached hydrogens (tertiary/aromatic N) is 1. The number of rotatable bonds is 5. The number of halogens is 1. The van der Waals surface area contributed by atoms with Crippen LogP contribution in [0.25, 0.3) is 6.08 Å². The smallest absolute Gasteiger partial charge is 0.227 e. The molecule has 6 nitrogen and oxygen atoms in total. The molecule has 4 rings (SSSR count). The summed E-state index contributed by atoms with van der Waals surface area (Å²) in [6.45, 7) is 1.46. The van der Waals surface area contributed by atoms with Crippen LogP contribution in [0.3, 0.4) is 0 Å². The Bertz CT molecular complexity index is 1050. The van der Waals surface area contributed by atoms with Gasteiger partial charge in [0, 0.05) is 24.7 Å². The van der Waals surface area contributed by atoms with E-state index in [0.29, 0.717) is 5.69 Å². The van der Waals surface area contributed by atoms with Crippen molar-refractivity contribution in [2.24, 2.45) is 5.92 Å². The van der Waals surface area contributed by atoms with Crippen LogP contribution in [0.5, 0.6) is 0 Å². The van der Waals surface area contributed by atoms with Gasteiger partial charge in [-0.2, -0.15) is 0 Å². The third-order valence-electron chi connectivity index (χ3n) is 5.30. The van der Waals surface area contributed by atoms with Crippen LogP contribution >= 0.6 is 0 Å². The number of amides is 3. The first kappa shape index (κ1) is 19.8. The Balaban J connectivity index is 1.49. The summed E-state index contributed by atoms with van der Waals surface area (Å²) >= 11 is 0. The maximum absolute atomic E-state index is 14.1. The van der Waals surface area contributed by atoms with E-state index in [1.165, 1.54) is 30.0 Å². The van der Waals surface area contributed by atoms with Crippen molar-refractivity contribution in [3.05, 3.63) is 65.6 Å². The first-order chi connectivity index (χ1) is 14.4. The highest BCUT2D eigenvalue weighted by Crippen LogP contribution is 2.34. The molecule has 1 unspecified atom stereocenters. The van der Waals surface area contributed by atoms with Crippen LogP contribution in [0.4, 0.5) is 15.8 Å². The van der Waals surface area contributed by atoms with E-state index < -0.39 is 11.9 Å². The Morgan fingerprint density at radius 3 is 2.60 bits per heavy atom. The molecule has 154 valence electrons. The summed E-state index contributed by atoms with van der Waals surface area (Å²) in [6, 6.07) is 11.2. The van der Waals surface area contributed by atoms with Gasteiger partial charge < -0.3 is 15.5 Å². The van der Waals surface area contributed by atoms with E-state index in [-0.39, 0.29) is 35.7 Å². The largest absolute Gasteiger partial charge is 0.326 e. The maximum atomic E-state index is 14.1. The van der Waals surface area contributed by atoms with Gasteiger partial charge in [-0.3, -0.25) is 14.4 Å². The van der Waals surface area contributed by atoms with Crippen LogP contribution in [-0.2, 0) is 14.4 Å². The zero-order valence-corrected chi connectivity index (χ0v) is 16.5. The minimum atomic E-state index is -0.559. The molecule has 7 heteroatoms. The van der Waals surface area contributed by atoms with Crippen LogP contribution in [0.15, 0.2) is 48.7 Å². The minimum absolute atomic E-state index is 0.0426. The average molecular weight is 407 g/mol. The van der Waals surface area contributed by atoms with E-state index in [2.05, 4.69) is 10.6 Å². The fraction of sp³-hybridized carbons (Fsp3) is 0.261. The fourth-order valence-electron chi connectivity index (χ4n) is 3.58. The molecule has 1 aliphatic carbocycles. The SMILES string of the molecule is CC(=O)N1C=Cc2ccccc2C1CC(=O)Nc1ccc(F)c(NC(=O)C2CC2)c1. The lowest BCUT2D eigenvalue weighted by atomic mass is 9.93. The van der Waals surface area contributed by atoms with Crippen LogP contribution in [0.2, 0.25) is 0 Å². The van der Waals surface area contributed by atoms with Crippen molar-refractivity contribution < 1.29 is 18.8 Å². The average Bonchev–Trinajstić information content (AvgIpc) is 3.56. The van der Waals surface area contributed by atoms with E-state index in [4.69, 9.17) is 0 Å². The Hall–Kier alpha value is -3.48. The third kappa shape index (κ3) is 4.25. The minimum Gasteiger partial charge on any atom is -0.326 e. The van der Waals surface area contributed by atoms with Gasteiger partial charge in [0.2, 0.25) is 17.7 Å². The molecular formula is C23H22FN3O3. The first-order valence-corrected chi connectivity index (χ1v) is 9.88. The number of hydrogen-bond acceptors (Lipinski definition) is 3. The number of hydrogen-bond donors (Lipinski definition) is 2. The Kier molecular flexibility index (Phi) is 5.35. The summed E-state index contributed by atoms with van der Waals surface area (Å²) in [4.78, 5) is 38.3. The highest BCUT2D eigenvalue weighted by atomic mass is 19.1. The molecule has 1 atom stereocenters. The van der Waals surface area contributed by atoms with Crippen molar-refractivity contribution in [2.75, 3.05) is 10.6 Å². The molecule has 0 aromatic heterocycles. The number of carbonyl (C=O) groups is 3. The van der Waals surface area contributed by atoms with Gasteiger partial charge in [0.1, 0.15) is 5.82 Å². The van der Waals surface area contributed by atoms with Crippen molar-refractivity contribution in [1.82, 2.24) is 4.90 Å². The molecule has 0 saturated heterocycles. The van der Waals surface area contributed by atoms with Gasteiger partial charge in [0.25, 0.3) is 0 Å². The van der Waals surface area contributed by atoms with Crippen LogP contribution in [-0.4, -0.2) is 22.6 Å². The van der Waals surface area contributed by atoms with Crippen LogP contribution in [0, 0.1) is 11.7 Å². The summed E-state index contributed by atoms with van der Waals surface area (Å²) in [5.41, 5.74) is 2.27. The molecule has 0 bridgehead atoms. The molecule has 2 aromatic rings. The first-order valence-electron chi connectivity index (χ1n) is 9.88. The van der Waals surface area contributed by atoms with Crippen molar-refractivity contribution in [1.29, 1.82) is 0 Å². The predicted octanol–water partition coefficient (Wildman–Crippen LogP) is 4.08. The summed E-state index contributed by atoms with van der Waals surface area (Å²) in [6.07, 6.45) is 5.20. The van der Waals surface area contributed by atoms with Crippen LogP contribution < -0.4 is 10.6 Å². The normalized spacial score (nSPS) is 17.3. The highest BCUT2D eigenvalue weighted by Gasteiger charge is 2.30. The summed E-state index contributed by atoms with van der Waals surface area (Å²) in [5.74, 6) is -1.30. The topological polar surface area (TPSA) is 78.5 Å². The fourth-order valence-corrected chi connectivity index (χ4v) is 3.58. The van der Waals surface area contributed by atoms with Gasteiger partial charge in [-0.25, -0.2) is 4.39 Å². The molecule has 1 heterocycles. The van der Waals surface area contributed by atoms with Crippen molar-refractivity contribution >= 4 is 35.2 Å². The Labute approximate surface area is 173 Å². The molecule has 2 aliphatic rings.